The zero-order valence-corrected chi connectivity index (χ0v) is 41.3. The highest BCUT2D eigenvalue weighted by atomic mass is 16.6. The van der Waals surface area contributed by atoms with E-state index in [1.807, 2.05) is 0 Å². The van der Waals surface area contributed by atoms with Crippen LogP contribution in [0.3, 0.4) is 0 Å². The summed E-state index contributed by atoms with van der Waals surface area (Å²) in [5.74, 6) is -0.948. The van der Waals surface area contributed by atoms with Crippen molar-refractivity contribution in [2.24, 2.45) is 0 Å². The van der Waals surface area contributed by atoms with Crippen LogP contribution in [0.5, 0.6) is 0 Å². The highest BCUT2D eigenvalue weighted by Crippen LogP contribution is 2.14. The molecule has 0 N–H and O–H groups in total. The second-order valence-electron chi connectivity index (χ2n) is 17.4. The number of ether oxygens (including phenoxy) is 3. The predicted molar refractivity (Wildman–Crippen MR) is 270 cm³/mol. The second-order valence-corrected chi connectivity index (χ2v) is 17.4. The first-order chi connectivity index (χ1) is 31.0. The van der Waals surface area contributed by atoms with Crippen LogP contribution in [0.2, 0.25) is 0 Å². The largest absolute Gasteiger partial charge is 0.462 e. The summed E-state index contributed by atoms with van der Waals surface area (Å²) in [5.41, 5.74) is 0. The van der Waals surface area contributed by atoms with E-state index < -0.39 is 6.10 Å². The minimum absolute atomic E-state index is 0.0940. The summed E-state index contributed by atoms with van der Waals surface area (Å²) in [4.78, 5) is 38.0. The van der Waals surface area contributed by atoms with Crippen LogP contribution >= 0.6 is 0 Å². The Morgan fingerprint density at radius 3 is 1.03 bits per heavy atom. The van der Waals surface area contributed by atoms with E-state index in [0.29, 0.717) is 19.3 Å². The third-order valence-electron chi connectivity index (χ3n) is 11.2. The molecule has 0 unspecified atom stereocenters. The fourth-order valence-electron chi connectivity index (χ4n) is 7.19. The van der Waals surface area contributed by atoms with Crippen molar-refractivity contribution >= 4 is 17.9 Å². The number of esters is 3. The maximum Gasteiger partial charge on any atom is 0.306 e. The molecule has 0 bridgehead atoms. The number of carbonyl (C=O) groups is 3. The van der Waals surface area contributed by atoms with E-state index in [-0.39, 0.29) is 31.1 Å². The van der Waals surface area contributed by atoms with Gasteiger partial charge < -0.3 is 14.2 Å². The molecular formula is C57H98O6. The van der Waals surface area contributed by atoms with Crippen molar-refractivity contribution < 1.29 is 28.6 Å². The molecule has 0 aromatic heterocycles. The fraction of sp³-hybridized carbons (Fsp3) is 0.737. The Morgan fingerprint density at radius 1 is 0.333 bits per heavy atom. The Labute approximate surface area is 389 Å². The molecule has 0 aliphatic carbocycles. The van der Waals surface area contributed by atoms with E-state index in [4.69, 9.17) is 14.2 Å². The lowest BCUT2D eigenvalue weighted by atomic mass is 10.1. The minimum atomic E-state index is -0.797. The van der Waals surface area contributed by atoms with Gasteiger partial charge in [0.2, 0.25) is 0 Å². The third-order valence-corrected chi connectivity index (χ3v) is 11.2. The van der Waals surface area contributed by atoms with Crippen LogP contribution in [0.1, 0.15) is 252 Å². The van der Waals surface area contributed by atoms with Gasteiger partial charge in [0.05, 0.1) is 0 Å². The smallest absolute Gasteiger partial charge is 0.306 e. The maximum atomic E-state index is 12.8. The van der Waals surface area contributed by atoms with Gasteiger partial charge in [-0.3, -0.25) is 14.4 Å². The van der Waals surface area contributed by atoms with Crippen LogP contribution in [0, 0.1) is 0 Å². The van der Waals surface area contributed by atoms with E-state index in [9.17, 15) is 14.4 Å². The molecule has 0 aliphatic rings. The summed E-state index contributed by atoms with van der Waals surface area (Å²) in [7, 11) is 0. The highest BCUT2D eigenvalue weighted by Gasteiger charge is 2.19. The Balaban J connectivity index is 4.44. The molecular weight excluding hydrogens is 781 g/mol. The van der Waals surface area contributed by atoms with Gasteiger partial charge in [0.25, 0.3) is 0 Å². The second kappa shape index (κ2) is 51.5. The van der Waals surface area contributed by atoms with Crippen LogP contribution in [0.15, 0.2) is 72.9 Å². The zero-order chi connectivity index (χ0) is 45.8. The molecule has 0 heterocycles. The quantitative estimate of drug-likeness (QED) is 0.0262. The Bertz CT molecular complexity index is 1190. The zero-order valence-electron chi connectivity index (χ0n) is 41.3. The van der Waals surface area contributed by atoms with E-state index in [1.165, 1.54) is 116 Å². The molecule has 0 amide bonds. The lowest BCUT2D eigenvalue weighted by Crippen LogP contribution is -2.30. The molecule has 362 valence electrons. The molecule has 6 heteroatoms. The van der Waals surface area contributed by atoms with Crippen molar-refractivity contribution in [1.82, 2.24) is 0 Å². The molecule has 0 fully saturated rings. The first-order valence-corrected chi connectivity index (χ1v) is 26.4. The summed E-state index contributed by atoms with van der Waals surface area (Å²) in [6.07, 6.45) is 64.6. The number of hydrogen-bond donors (Lipinski definition) is 0. The first kappa shape index (κ1) is 59.9. The molecule has 0 spiro atoms. The van der Waals surface area contributed by atoms with Crippen LogP contribution in [-0.4, -0.2) is 37.2 Å². The first-order valence-electron chi connectivity index (χ1n) is 26.4. The van der Waals surface area contributed by atoms with E-state index >= 15 is 0 Å². The predicted octanol–water partition coefficient (Wildman–Crippen LogP) is 17.4. The van der Waals surface area contributed by atoms with Crippen molar-refractivity contribution in [1.29, 1.82) is 0 Å². The standard InChI is InChI=1S/C57H98O6/c1-4-7-10-13-16-19-22-25-27-28-30-33-35-38-41-44-47-50-56(59)62-53-54(63-57(60)51-48-45-42-39-36-31-24-21-18-15-12-9-6-3)52-61-55(58)49-46-43-40-37-34-32-29-26-23-20-17-14-11-8-5-2/h8,11,17,20-21,24-27,29,34,37,54H,4-7,9-10,12-16,18-19,22-23,28,30-33,35-36,38-53H2,1-3H3/b11-8-,20-17-,24-21-,27-25-,29-26-,37-34-/t54-/m1/s1. The SMILES string of the molecule is CC/C=C\C/C=C\C/C=C\C/C=C\CCCCC(=O)OC[C@H](COC(=O)CCCCCCCCC/C=C\CCCCCCCC)OC(=O)CCCCCCC/C=C\CCCCCC. The Hall–Kier alpha value is -3.15. The molecule has 0 aromatic carbocycles. The summed E-state index contributed by atoms with van der Waals surface area (Å²) in [6.45, 7) is 6.46. The summed E-state index contributed by atoms with van der Waals surface area (Å²) < 4.78 is 16.8. The molecule has 0 radical (unpaired) electrons. The van der Waals surface area contributed by atoms with Gasteiger partial charge in [-0.15, -0.1) is 0 Å². The molecule has 6 nitrogen and oxygen atoms in total. The average Bonchev–Trinajstić information content (AvgIpc) is 3.28. The number of allylic oxidation sites excluding steroid dienone is 12. The molecule has 0 saturated carbocycles. The number of hydrogen-bond acceptors (Lipinski definition) is 6. The lowest BCUT2D eigenvalue weighted by molar-refractivity contribution is -0.167. The molecule has 0 aromatic rings. The normalized spacial score (nSPS) is 12.6. The van der Waals surface area contributed by atoms with Crippen LogP contribution in [-0.2, 0) is 28.6 Å². The monoisotopic (exact) mass is 879 g/mol. The number of unbranched alkanes of at least 4 members (excludes halogenated alkanes) is 24. The van der Waals surface area contributed by atoms with Gasteiger partial charge in [0, 0.05) is 19.3 Å². The van der Waals surface area contributed by atoms with Gasteiger partial charge in [0.1, 0.15) is 13.2 Å². The van der Waals surface area contributed by atoms with E-state index in [1.54, 1.807) is 0 Å². The van der Waals surface area contributed by atoms with Crippen LogP contribution in [0.4, 0.5) is 0 Å². The molecule has 0 aliphatic heterocycles. The van der Waals surface area contributed by atoms with E-state index in [0.717, 1.165) is 96.3 Å². The summed E-state index contributed by atoms with van der Waals surface area (Å²) in [5, 5.41) is 0. The van der Waals surface area contributed by atoms with Gasteiger partial charge in [0.15, 0.2) is 6.10 Å². The molecule has 63 heavy (non-hydrogen) atoms. The lowest BCUT2D eigenvalue weighted by Gasteiger charge is -2.18. The van der Waals surface area contributed by atoms with Crippen molar-refractivity contribution in [3.8, 4) is 0 Å². The maximum absolute atomic E-state index is 12.8. The average molecular weight is 879 g/mol. The van der Waals surface area contributed by atoms with Gasteiger partial charge in [-0.2, -0.15) is 0 Å². The van der Waals surface area contributed by atoms with Crippen LogP contribution in [0.25, 0.3) is 0 Å². The summed E-state index contributed by atoms with van der Waals surface area (Å²) in [6, 6.07) is 0. The number of rotatable bonds is 47. The Morgan fingerprint density at radius 2 is 0.619 bits per heavy atom. The van der Waals surface area contributed by atoms with E-state index in [2.05, 4.69) is 93.7 Å². The molecule has 1 atom stereocenters. The van der Waals surface area contributed by atoms with Gasteiger partial charge in [-0.1, -0.05) is 196 Å². The van der Waals surface area contributed by atoms with Crippen molar-refractivity contribution in [3.63, 3.8) is 0 Å². The van der Waals surface area contributed by atoms with Crippen LogP contribution < -0.4 is 0 Å². The number of carbonyl (C=O) groups excluding carboxylic acids is 3. The minimum Gasteiger partial charge on any atom is -0.462 e. The van der Waals surface area contributed by atoms with Crippen molar-refractivity contribution in [2.75, 3.05) is 13.2 Å². The third kappa shape index (κ3) is 49.7. The topological polar surface area (TPSA) is 78.9 Å². The van der Waals surface area contributed by atoms with Gasteiger partial charge >= 0.3 is 17.9 Å². The highest BCUT2D eigenvalue weighted by molar-refractivity contribution is 5.71. The van der Waals surface area contributed by atoms with Crippen molar-refractivity contribution in [3.05, 3.63) is 72.9 Å². The van der Waals surface area contributed by atoms with Crippen molar-refractivity contribution in [2.45, 2.75) is 258 Å². The van der Waals surface area contributed by atoms with Gasteiger partial charge in [-0.25, -0.2) is 0 Å². The molecule has 0 saturated heterocycles. The molecule has 0 rings (SSSR count). The fourth-order valence-corrected chi connectivity index (χ4v) is 7.19. The summed E-state index contributed by atoms with van der Waals surface area (Å²) >= 11 is 0. The van der Waals surface area contributed by atoms with Gasteiger partial charge in [-0.05, 0) is 109 Å². The Kier molecular flexibility index (Phi) is 48.9.